The minimum absolute atomic E-state index is 0.283. The van der Waals surface area contributed by atoms with E-state index in [0.29, 0.717) is 25.8 Å². The van der Waals surface area contributed by atoms with Gasteiger partial charge in [0.1, 0.15) is 0 Å². The number of amidine groups is 1. The lowest BCUT2D eigenvalue weighted by Gasteiger charge is -2.08. The SMILES string of the molecule is O=C1N=C(Nc2c(Cl)cccc2Cl)SC1=Cc1ccc2ccccc2c1. The number of rotatable bonds is 2. The number of halogens is 2. The summed E-state index contributed by atoms with van der Waals surface area (Å²) >= 11 is 13.6. The Morgan fingerprint density at radius 1 is 0.923 bits per heavy atom. The number of fused-ring (bicyclic) bond motifs is 1. The molecule has 1 aliphatic heterocycles. The van der Waals surface area contributed by atoms with Crippen LogP contribution in [0, 0.1) is 0 Å². The van der Waals surface area contributed by atoms with Gasteiger partial charge in [0.25, 0.3) is 5.91 Å². The molecule has 4 rings (SSSR count). The van der Waals surface area contributed by atoms with Gasteiger partial charge in [-0.2, -0.15) is 4.99 Å². The summed E-state index contributed by atoms with van der Waals surface area (Å²) in [4.78, 5) is 16.8. The van der Waals surface area contributed by atoms with Gasteiger partial charge in [-0.1, -0.05) is 65.7 Å². The molecule has 6 heteroatoms. The number of hydrogen-bond donors (Lipinski definition) is 1. The zero-order valence-corrected chi connectivity index (χ0v) is 15.7. The molecule has 0 unspecified atom stereocenters. The van der Waals surface area contributed by atoms with Crippen molar-refractivity contribution >= 4 is 68.6 Å². The first kappa shape index (κ1) is 17.2. The maximum absolute atomic E-state index is 12.2. The van der Waals surface area contributed by atoms with E-state index in [-0.39, 0.29) is 5.91 Å². The van der Waals surface area contributed by atoms with E-state index in [1.807, 2.05) is 42.5 Å². The number of aliphatic imine (C=N–C) groups is 1. The van der Waals surface area contributed by atoms with Crippen molar-refractivity contribution in [3.8, 4) is 0 Å². The standard InChI is InChI=1S/C20H12Cl2N2OS/c21-15-6-3-7-16(22)18(15)23-20-24-19(25)17(26-20)11-12-8-9-13-4-1-2-5-14(13)10-12/h1-11H,(H,23,24,25). The molecule has 26 heavy (non-hydrogen) atoms. The normalized spacial score (nSPS) is 15.5. The van der Waals surface area contributed by atoms with E-state index in [0.717, 1.165) is 16.3 Å². The van der Waals surface area contributed by atoms with Gasteiger partial charge in [-0.25, -0.2) is 0 Å². The molecular formula is C20H12Cl2N2OS. The van der Waals surface area contributed by atoms with E-state index in [1.54, 1.807) is 18.2 Å². The van der Waals surface area contributed by atoms with Crippen molar-refractivity contribution in [1.82, 2.24) is 0 Å². The Morgan fingerprint density at radius 2 is 1.65 bits per heavy atom. The summed E-state index contributed by atoms with van der Waals surface area (Å²) in [5.41, 5.74) is 1.49. The average Bonchev–Trinajstić information content (AvgIpc) is 2.97. The first-order valence-electron chi connectivity index (χ1n) is 7.82. The van der Waals surface area contributed by atoms with Crippen molar-refractivity contribution in [2.45, 2.75) is 0 Å². The van der Waals surface area contributed by atoms with Crippen LogP contribution in [0.15, 0.2) is 70.6 Å². The fourth-order valence-corrected chi connectivity index (χ4v) is 3.95. The van der Waals surface area contributed by atoms with Crippen molar-refractivity contribution in [3.05, 3.63) is 81.2 Å². The van der Waals surface area contributed by atoms with Crippen molar-refractivity contribution in [2.24, 2.45) is 4.99 Å². The van der Waals surface area contributed by atoms with Crippen LogP contribution in [-0.4, -0.2) is 11.1 Å². The number of carbonyl (C=O) groups excluding carboxylic acids is 1. The van der Waals surface area contributed by atoms with Crippen molar-refractivity contribution in [3.63, 3.8) is 0 Å². The number of nitrogens with one attached hydrogen (secondary N) is 1. The van der Waals surface area contributed by atoms with Crippen LogP contribution in [0.25, 0.3) is 16.8 Å². The number of para-hydroxylation sites is 1. The van der Waals surface area contributed by atoms with Gasteiger partial charge in [-0.3, -0.25) is 4.79 Å². The van der Waals surface area contributed by atoms with Crippen LogP contribution >= 0.6 is 35.0 Å². The monoisotopic (exact) mass is 398 g/mol. The van der Waals surface area contributed by atoms with Crippen LogP contribution in [-0.2, 0) is 4.79 Å². The maximum atomic E-state index is 12.2. The van der Waals surface area contributed by atoms with E-state index >= 15 is 0 Å². The van der Waals surface area contributed by atoms with Crippen LogP contribution in [0.5, 0.6) is 0 Å². The molecule has 1 aliphatic rings. The van der Waals surface area contributed by atoms with Gasteiger partial charge in [0.15, 0.2) is 5.17 Å². The van der Waals surface area contributed by atoms with Crippen LogP contribution in [0.4, 0.5) is 5.69 Å². The second-order valence-corrected chi connectivity index (χ2v) is 7.51. The highest BCUT2D eigenvalue weighted by Gasteiger charge is 2.23. The number of thioether (sulfide) groups is 1. The predicted octanol–water partition coefficient (Wildman–Crippen LogP) is 6.23. The second-order valence-electron chi connectivity index (χ2n) is 5.66. The Balaban J connectivity index is 1.58. The van der Waals surface area contributed by atoms with Crippen molar-refractivity contribution in [1.29, 1.82) is 0 Å². The predicted molar refractivity (Wildman–Crippen MR) is 112 cm³/mol. The topological polar surface area (TPSA) is 41.5 Å². The summed E-state index contributed by atoms with van der Waals surface area (Å²) in [6.07, 6.45) is 1.84. The molecule has 128 valence electrons. The zero-order valence-electron chi connectivity index (χ0n) is 13.4. The number of amides is 1. The van der Waals surface area contributed by atoms with Crippen LogP contribution < -0.4 is 5.32 Å². The Kier molecular flexibility index (Phi) is 4.72. The first-order chi connectivity index (χ1) is 12.6. The molecule has 0 bridgehead atoms. The highest BCUT2D eigenvalue weighted by molar-refractivity contribution is 8.18. The van der Waals surface area contributed by atoms with Crippen molar-refractivity contribution < 1.29 is 4.79 Å². The molecule has 0 fully saturated rings. The zero-order chi connectivity index (χ0) is 18.1. The number of benzene rings is 3. The molecule has 0 saturated heterocycles. The fraction of sp³-hybridized carbons (Fsp3) is 0. The van der Waals surface area contributed by atoms with E-state index in [1.165, 1.54) is 11.8 Å². The van der Waals surface area contributed by atoms with Crippen LogP contribution in [0.2, 0.25) is 10.0 Å². The quantitative estimate of drug-likeness (QED) is 0.520. The number of hydrogen-bond acceptors (Lipinski definition) is 3. The van der Waals surface area contributed by atoms with Crippen molar-refractivity contribution in [2.75, 3.05) is 5.32 Å². The summed E-state index contributed by atoms with van der Waals surface area (Å²) in [6.45, 7) is 0. The molecule has 0 aromatic heterocycles. The Bertz CT molecular complexity index is 1070. The molecule has 1 heterocycles. The molecule has 3 aromatic carbocycles. The highest BCUT2D eigenvalue weighted by atomic mass is 35.5. The molecular weight excluding hydrogens is 387 g/mol. The molecule has 3 aromatic rings. The minimum Gasteiger partial charge on any atom is -0.332 e. The first-order valence-corrected chi connectivity index (χ1v) is 9.40. The molecule has 0 saturated carbocycles. The van der Waals surface area contributed by atoms with Gasteiger partial charge in [0.05, 0.1) is 20.6 Å². The third-order valence-electron chi connectivity index (χ3n) is 3.89. The Hall–Kier alpha value is -2.27. The summed E-state index contributed by atoms with van der Waals surface area (Å²) < 4.78 is 0. The fourth-order valence-electron chi connectivity index (χ4n) is 2.64. The van der Waals surface area contributed by atoms with Gasteiger partial charge >= 0.3 is 0 Å². The van der Waals surface area contributed by atoms with E-state index in [9.17, 15) is 4.79 Å². The Labute approximate surface area is 164 Å². The van der Waals surface area contributed by atoms with Gasteiger partial charge < -0.3 is 5.32 Å². The lowest BCUT2D eigenvalue weighted by molar-refractivity contribution is -0.113. The lowest BCUT2D eigenvalue weighted by atomic mass is 10.1. The van der Waals surface area contributed by atoms with Gasteiger partial charge in [-0.05, 0) is 52.4 Å². The van der Waals surface area contributed by atoms with E-state index in [4.69, 9.17) is 23.2 Å². The second kappa shape index (κ2) is 7.16. The molecule has 1 amide bonds. The van der Waals surface area contributed by atoms with E-state index in [2.05, 4.69) is 16.4 Å². The molecule has 3 nitrogen and oxygen atoms in total. The summed E-state index contributed by atoms with van der Waals surface area (Å²) in [7, 11) is 0. The molecule has 0 radical (unpaired) electrons. The molecule has 0 aliphatic carbocycles. The lowest BCUT2D eigenvalue weighted by Crippen LogP contribution is -2.05. The van der Waals surface area contributed by atoms with Gasteiger partial charge in [-0.15, -0.1) is 0 Å². The van der Waals surface area contributed by atoms with Gasteiger partial charge in [0.2, 0.25) is 0 Å². The van der Waals surface area contributed by atoms with Crippen LogP contribution in [0.3, 0.4) is 0 Å². The third-order valence-corrected chi connectivity index (χ3v) is 5.42. The molecule has 1 N–H and O–H groups in total. The number of anilines is 1. The van der Waals surface area contributed by atoms with Gasteiger partial charge in [0, 0.05) is 0 Å². The number of carbonyl (C=O) groups is 1. The molecule has 0 spiro atoms. The largest absolute Gasteiger partial charge is 0.332 e. The van der Waals surface area contributed by atoms with E-state index < -0.39 is 0 Å². The third kappa shape index (κ3) is 3.49. The summed E-state index contributed by atoms with van der Waals surface area (Å²) in [6, 6.07) is 19.4. The minimum atomic E-state index is -0.283. The Morgan fingerprint density at radius 3 is 2.42 bits per heavy atom. The van der Waals surface area contributed by atoms with Crippen LogP contribution in [0.1, 0.15) is 5.56 Å². The average molecular weight is 399 g/mol. The molecule has 0 atom stereocenters. The summed E-state index contributed by atoms with van der Waals surface area (Å²) in [5.74, 6) is -0.283. The number of nitrogens with zero attached hydrogens (tertiary/aromatic N) is 1. The maximum Gasteiger partial charge on any atom is 0.286 e. The highest BCUT2D eigenvalue weighted by Crippen LogP contribution is 2.34. The smallest absolute Gasteiger partial charge is 0.286 e. The summed E-state index contributed by atoms with van der Waals surface area (Å²) in [5, 5.41) is 6.72.